The van der Waals surface area contributed by atoms with Crippen molar-refractivity contribution < 1.29 is 14.6 Å². The van der Waals surface area contributed by atoms with E-state index in [1.165, 1.54) is 6.08 Å². The van der Waals surface area contributed by atoms with Crippen LogP contribution in [0.15, 0.2) is 51.4 Å². The second kappa shape index (κ2) is 7.81. The molecule has 0 saturated heterocycles. The number of hydrogen-bond acceptors (Lipinski definition) is 2. The summed E-state index contributed by atoms with van der Waals surface area (Å²) in [5.74, 6) is -0.486. The standard InChI is InChI=1S/C16H11Br2ClO3/c17-12-4-1-10(2-5-12)9-22-16-13(18)7-11(8-14(16)19)3-6-15(20)21/h1-8H,9H2,(H,20,21)/b6-3+. The van der Waals surface area contributed by atoms with E-state index in [-0.39, 0.29) is 0 Å². The van der Waals surface area contributed by atoms with Crippen LogP contribution in [-0.2, 0) is 11.4 Å². The Balaban J connectivity index is 2.14. The maximum atomic E-state index is 10.5. The van der Waals surface area contributed by atoms with Crippen molar-refractivity contribution in [3.05, 3.63) is 67.6 Å². The molecule has 0 heterocycles. The lowest BCUT2D eigenvalue weighted by Crippen LogP contribution is -1.97. The van der Waals surface area contributed by atoms with Crippen LogP contribution in [0.5, 0.6) is 5.75 Å². The number of benzene rings is 2. The summed E-state index contributed by atoms with van der Waals surface area (Å²) in [7, 11) is 0. The molecule has 2 aromatic rings. The zero-order valence-corrected chi connectivity index (χ0v) is 15.2. The Morgan fingerprint density at radius 1 is 1.23 bits per heavy atom. The number of aliphatic carboxylic acids is 1. The third-order valence-corrected chi connectivity index (χ3v) is 4.13. The van der Waals surface area contributed by atoms with Gasteiger partial charge in [-0.05, 0) is 57.4 Å². The normalized spacial score (nSPS) is 10.9. The Morgan fingerprint density at radius 3 is 2.50 bits per heavy atom. The van der Waals surface area contributed by atoms with Gasteiger partial charge in [0.05, 0.1) is 9.50 Å². The van der Waals surface area contributed by atoms with E-state index in [2.05, 4.69) is 31.9 Å². The minimum absolute atomic E-state index is 0.385. The first-order chi connectivity index (χ1) is 10.5. The van der Waals surface area contributed by atoms with E-state index in [0.717, 1.165) is 16.1 Å². The van der Waals surface area contributed by atoms with Gasteiger partial charge in [0.15, 0.2) is 5.75 Å². The summed E-state index contributed by atoms with van der Waals surface area (Å²) >= 11 is 13.0. The zero-order valence-electron chi connectivity index (χ0n) is 11.2. The molecule has 1 N–H and O–H groups in total. The van der Waals surface area contributed by atoms with E-state index in [9.17, 15) is 4.79 Å². The summed E-state index contributed by atoms with van der Waals surface area (Å²) in [5.41, 5.74) is 1.69. The van der Waals surface area contributed by atoms with E-state index in [1.807, 2.05) is 24.3 Å². The van der Waals surface area contributed by atoms with Crippen LogP contribution in [0.25, 0.3) is 6.08 Å². The molecule has 2 aromatic carbocycles. The van der Waals surface area contributed by atoms with Gasteiger partial charge in [-0.2, -0.15) is 0 Å². The molecule has 0 unspecified atom stereocenters. The summed E-state index contributed by atoms with van der Waals surface area (Å²) in [6.45, 7) is 0.385. The summed E-state index contributed by atoms with van der Waals surface area (Å²) in [4.78, 5) is 10.5. The van der Waals surface area contributed by atoms with Crippen molar-refractivity contribution in [2.24, 2.45) is 0 Å². The third kappa shape index (κ3) is 4.87. The highest BCUT2D eigenvalue weighted by Gasteiger charge is 2.09. The fourth-order valence-corrected chi connectivity index (χ4v) is 2.97. The fraction of sp³-hybridized carbons (Fsp3) is 0.0625. The molecule has 0 aliphatic heterocycles. The average molecular weight is 447 g/mol. The van der Waals surface area contributed by atoms with Crippen molar-refractivity contribution in [1.29, 1.82) is 0 Å². The van der Waals surface area contributed by atoms with Gasteiger partial charge < -0.3 is 9.84 Å². The monoisotopic (exact) mass is 444 g/mol. The van der Waals surface area contributed by atoms with Crippen LogP contribution in [0.3, 0.4) is 0 Å². The first-order valence-corrected chi connectivity index (χ1v) is 8.19. The fourth-order valence-electron chi connectivity index (χ4n) is 1.72. The Labute approximate surface area is 149 Å². The van der Waals surface area contributed by atoms with Crippen molar-refractivity contribution in [2.75, 3.05) is 0 Å². The topological polar surface area (TPSA) is 46.5 Å². The van der Waals surface area contributed by atoms with Gasteiger partial charge in [-0.1, -0.05) is 39.7 Å². The lowest BCUT2D eigenvalue weighted by Gasteiger charge is -2.11. The van der Waals surface area contributed by atoms with Gasteiger partial charge in [-0.25, -0.2) is 4.79 Å². The minimum Gasteiger partial charge on any atom is -0.486 e. The first kappa shape index (κ1) is 17.1. The first-order valence-electron chi connectivity index (χ1n) is 6.23. The van der Waals surface area contributed by atoms with Crippen molar-refractivity contribution in [3.8, 4) is 5.75 Å². The second-order valence-electron chi connectivity index (χ2n) is 4.40. The summed E-state index contributed by atoms with van der Waals surface area (Å²) in [6, 6.07) is 11.2. The lowest BCUT2D eigenvalue weighted by molar-refractivity contribution is -0.131. The number of halogens is 3. The number of rotatable bonds is 5. The van der Waals surface area contributed by atoms with Gasteiger partial charge in [-0.3, -0.25) is 0 Å². The van der Waals surface area contributed by atoms with Gasteiger partial charge in [0.2, 0.25) is 0 Å². The van der Waals surface area contributed by atoms with E-state index < -0.39 is 5.97 Å². The molecule has 114 valence electrons. The number of carbonyl (C=O) groups is 1. The van der Waals surface area contributed by atoms with Gasteiger partial charge in [-0.15, -0.1) is 0 Å². The van der Waals surface area contributed by atoms with Crippen LogP contribution in [0, 0.1) is 0 Å². The quantitative estimate of drug-likeness (QED) is 0.614. The second-order valence-corrected chi connectivity index (χ2v) is 6.58. The molecule has 2 rings (SSSR count). The molecule has 0 amide bonds. The summed E-state index contributed by atoms with van der Waals surface area (Å²) < 4.78 is 7.41. The predicted molar refractivity (Wildman–Crippen MR) is 94.3 cm³/mol. The molecule has 22 heavy (non-hydrogen) atoms. The summed E-state index contributed by atoms with van der Waals surface area (Å²) in [6.07, 6.45) is 2.53. The molecule has 0 saturated carbocycles. The van der Waals surface area contributed by atoms with Crippen LogP contribution >= 0.6 is 43.5 Å². The maximum absolute atomic E-state index is 10.5. The highest BCUT2D eigenvalue weighted by molar-refractivity contribution is 9.10. The molecule has 3 nitrogen and oxygen atoms in total. The summed E-state index contributed by atoms with van der Waals surface area (Å²) in [5, 5.41) is 9.05. The molecule has 0 aliphatic carbocycles. The number of hydrogen-bond donors (Lipinski definition) is 1. The van der Waals surface area contributed by atoms with Crippen LogP contribution in [0.2, 0.25) is 5.02 Å². The maximum Gasteiger partial charge on any atom is 0.328 e. The Hall–Kier alpha value is -1.30. The minimum atomic E-state index is -1.01. The lowest BCUT2D eigenvalue weighted by atomic mass is 10.2. The number of ether oxygens (including phenoxy) is 1. The van der Waals surface area contributed by atoms with E-state index in [1.54, 1.807) is 12.1 Å². The van der Waals surface area contributed by atoms with Gasteiger partial charge in [0.25, 0.3) is 0 Å². The average Bonchev–Trinajstić information content (AvgIpc) is 2.46. The molecule has 0 atom stereocenters. The smallest absolute Gasteiger partial charge is 0.328 e. The van der Waals surface area contributed by atoms with Crippen LogP contribution < -0.4 is 4.74 Å². The van der Waals surface area contributed by atoms with Crippen LogP contribution in [-0.4, -0.2) is 11.1 Å². The van der Waals surface area contributed by atoms with Crippen molar-refractivity contribution in [1.82, 2.24) is 0 Å². The van der Waals surface area contributed by atoms with Crippen LogP contribution in [0.4, 0.5) is 0 Å². The molecule has 0 fully saturated rings. The van der Waals surface area contributed by atoms with Gasteiger partial charge in [0.1, 0.15) is 6.61 Å². The highest BCUT2D eigenvalue weighted by Crippen LogP contribution is 2.35. The number of carboxylic acids is 1. The molecule has 6 heteroatoms. The highest BCUT2D eigenvalue weighted by atomic mass is 79.9. The Bertz CT molecular complexity index is 689. The largest absolute Gasteiger partial charge is 0.486 e. The van der Waals surface area contributed by atoms with Crippen LogP contribution in [0.1, 0.15) is 11.1 Å². The molecule has 0 radical (unpaired) electrons. The van der Waals surface area contributed by atoms with E-state index in [4.69, 9.17) is 21.4 Å². The van der Waals surface area contributed by atoms with Gasteiger partial charge in [0, 0.05) is 10.5 Å². The molecule has 0 aliphatic rings. The van der Waals surface area contributed by atoms with Crippen molar-refractivity contribution in [2.45, 2.75) is 6.61 Å². The molecular formula is C16H11Br2ClO3. The van der Waals surface area contributed by atoms with Crippen molar-refractivity contribution >= 4 is 55.5 Å². The SMILES string of the molecule is O=C(O)/C=C/c1cc(Cl)c(OCc2ccc(Br)cc2)c(Br)c1. The van der Waals surface area contributed by atoms with Gasteiger partial charge >= 0.3 is 5.97 Å². The number of carboxylic acid groups (broad SMARTS) is 1. The Morgan fingerprint density at radius 2 is 1.91 bits per heavy atom. The molecular weight excluding hydrogens is 435 g/mol. The molecule has 0 bridgehead atoms. The predicted octanol–water partition coefficient (Wildman–Crippen LogP) is 5.54. The molecule has 0 aromatic heterocycles. The van der Waals surface area contributed by atoms with Crippen molar-refractivity contribution in [3.63, 3.8) is 0 Å². The van der Waals surface area contributed by atoms with E-state index >= 15 is 0 Å². The third-order valence-electron chi connectivity index (χ3n) is 2.74. The molecule has 0 spiro atoms. The zero-order chi connectivity index (χ0) is 16.1. The Kier molecular flexibility index (Phi) is 6.06. The van der Waals surface area contributed by atoms with E-state index in [0.29, 0.717) is 27.4 Å².